The standard InChI is InChI=1S/C21H22FNO3S/c1-3-26-21(25)19-16-10-4-13(2)12-17(16)27-20(19)23-18(24)11-7-14-5-8-15(22)9-6-14/h5-9,11,13H,3-4,10,12H2,1-2H3,(H,23,24)/b11-7+. The number of esters is 1. The van der Waals surface area contributed by atoms with Crippen molar-refractivity contribution >= 4 is 34.3 Å². The van der Waals surface area contributed by atoms with E-state index < -0.39 is 0 Å². The lowest BCUT2D eigenvalue weighted by atomic mass is 9.88. The summed E-state index contributed by atoms with van der Waals surface area (Å²) < 4.78 is 18.2. The largest absolute Gasteiger partial charge is 0.462 e. The number of hydrogen-bond donors (Lipinski definition) is 1. The summed E-state index contributed by atoms with van der Waals surface area (Å²) in [6, 6.07) is 5.86. The van der Waals surface area contributed by atoms with Gasteiger partial charge in [-0.3, -0.25) is 4.79 Å². The van der Waals surface area contributed by atoms with E-state index in [9.17, 15) is 14.0 Å². The number of benzene rings is 1. The summed E-state index contributed by atoms with van der Waals surface area (Å²) in [5.41, 5.74) is 2.22. The average molecular weight is 387 g/mol. The van der Waals surface area contributed by atoms with Crippen LogP contribution in [0.3, 0.4) is 0 Å². The van der Waals surface area contributed by atoms with Gasteiger partial charge in [-0.1, -0.05) is 19.1 Å². The molecule has 1 aromatic carbocycles. The van der Waals surface area contributed by atoms with Gasteiger partial charge in [-0.15, -0.1) is 11.3 Å². The highest BCUT2D eigenvalue weighted by Crippen LogP contribution is 2.40. The molecule has 1 aromatic heterocycles. The molecular formula is C21H22FNO3S. The smallest absolute Gasteiger partial charge is 0.341 e. The van der Waals surface area contributed by atoms with Gasteiger partial charge in [0.1, 0.15) is 10.8 Å². The Hall–Kier alpha value is -2.47. The SMILES string of the molecule is CCOC(=O)c1c(NC(=O)/C=C/c2ccc(F)cc2)sc2c1CCC(C)C2. The number of amides is 1. The van der Waals surface area contributed by atoms with E-state index in [0.717, 1.165) is 35.3 Å². The van der Waals surface area contributed by atoms with E-state index in [-0.39, 0.29) is 24.3 Å². The zero-order chi connectivity index (χ0) is 19.4. The van der Waals surface area contributed by atoms with Gasteiger partial charge in [-0.25, -0.2) is 9.18 Å². The molecule has 1 aliphatic rings. The molecule has 0 bridgehead atoms. The fraction of sp³-hybridized carbons (Fsp3) is 0.333. The first-order valence-corrected chi connectivity index (χ1v) is 9.85. The van der Waals surface area contributed by atoms with E-state index in [1.54, 1.807) is 25.1 Å². The van der Waals surface area contributed by atoms with Gasteiger partial charge in [-0.2, -0.15) is 0 Å². The first-order chi connectivity index (χ1) is 13.0. The van der Waals surface area contributed by atoms with Crippen LogP contribution in [0.1, 0.15) is 46.6 Å². The van der Waals surface area contributed by atoms with Crippen LogP contribution in [0, 0.1) is 11.7 Å². The third-order valence-corrected chi connectivity index (χ3v) is 5.69. The summed E-state index contributed by atoms with van der Waals surface area (Å²) >= 11 is 1.46. The molecule has 0 fully saturated rings. The predicted molar refractivity (Wildman–Crippen MR) is 106 cm³/mol. The molecule has 142 valence electrons. The minimum absolute atomic E-state index is 0.289. The molecule has 0 saturated carbocycles. The Morgan fingerprint density at radius 1 is 1.33 bits per heavy atom. The summed E-state index contributed by atoms with van der Waals surface area (Å²) in [7, 11) is 0. The van der Waals surface area contributed by atoms with Crippen molar-refractivity contribution in [3.63, 3.8) is 0 Å². The minimum Gasteiger partial charge on any atom is -0.462 e. The first kappa shape index (κ1) is 19.3. The van der Waals surface area contributed by atoms with E-state index in [0.29, 0.717) is 16.5 Å². The van der Waals surface area contributed by atoms with Gasteiger partial charge in [-0.05, 0) is 61.4 Å². The molecule has 1 atom stereocenters. The van der Waals surface area contributed by atoms with Gasteiger partial charge in [0.05, 0.1) is 12.2 Å². The van der Waals surface area contributed by atoms with Crippen molar-refractivity contribution in [2.45, 2.75) is 33.1 Å². The maximum absolute atomic E-state index is 13.0. The highest BCUT2D eigenvalue weighted by molar-refractivity contribution is 7.17. The van der Waals surface area contributed by atoms with Gasteiger partial charge in [0.15, 0.2) is 0 Å². The van der Waals surface area contributed by atoms with Crippen molar-refractivity contribution in [2.24, 2.45) is 5.92 Å². The zero-order valence-corrected chi connectivity index (χ0v) is 16.2. The van der Waals surface area contributed by atoms with Crippen molar-refractivity contribution in [1.82, 2.24) is 0 Å². The fourth-order valence-electron chi connectivity index (χ4n) is 3.16. The number of carbonyl (C=O) groups is 2. The number of fused-ring (bicyclic) bond motifs is 1. The summed E-state index contributed by atoms with van der Waals surface area (Å²) in [6.45, 7) is 4.25. The molecule has 1 amide bonds. The van der Waals surface area contributed by atoms with Crippen LogP contribution in [0.2, 0.25) is 0 Å². The second kappa shape index (κ2) is 8.48. The molecule has 0 aliphatic heterocycles. The van der Waals surface area contributed by atoms with Crippen LogP contribution in [0.25, 0.3) is 6.08 Å². The summed E-state index contributed by atoms with van der Waals surface area (Å²) in [6.07, 6.45) is 5.74. The highest BCUT2D eigenvalue weighted by Gasteiger charge is 2.28. The van der Waals surface area contributed by atoms with Crippen molar-refractivity contribution in [1.29, 1.82) is 0 Å². The van der Waals surface area contributed by atoms with Crippen molar-refractivity contribution in [3.05, 3.63) is 57.7 Å². The van der Waals surface area contributed by atoms with E-state index in [2.05, 4.69) is 12.2 Å². The second-order valence-electron chi connectivity index (χ2n) is 6.65. The number of nitrogens with one attached hydrogen (secondary N) is 1. The van der Waals surface area contributed by atoms with Gasteiger partial charge >= 0.3 is 5.97 Å². The van der Waals surface area contributed by atoms with Crippen LogP contribution in [-0.2, 0) is 22.4 Å². The van der Waals surface area contributed by atoms with Crippen molar-refractivity contribution < 1.29 is 18.7 Å². The molecule has 0 radical (unpaired) electrons. The van der Waals surface area contributed by atoms with Gasteiger partial charge in [0, 0.05) is 11.0 Å². The quantitative estimate of drug-likeness (QED) is 0.590. The van der Waals surface area contributed by atoms with Crippen molar-refractivity contribution in [3.8, 4) is 0 Å². The molecule has 1 heterocycles. The monoisotopic (exact) mass is 387 g/mol. The van der Waals surface area contributed by atoms with E-state index >= 15 is 0 Å². The lowest BCUT2D eigenvalue weighted by Gasteiger charge is -2.18. The highest BCUT2D eigenvalue weighted by atomic mass is 32.1. The Morgan fingerprint density at radius 3 is 2.78 bits per heavy atom. The van der Waals surface area contributed by atoms with Crippen LogP contribution >= 0.6 is 11.3 Å². The molecule has 1 unspecified atom stereocenters. The predicted octanol–water partition coefficient (Wildman–Crippen LogP) is 4.84. The molecule has 0 saturated heterocycles. The van der Waals surface area contributed by atoms with Crippen LogP contribution in [0.4, 0.5) is 9.39 Å². The van der Waals surface area contributed by atoms with E-state index in [1.165, 1.54) is 29.5 Å². The number of halogens is 1. The summed E-state index contributed by atoms with van der Waals surface area (Å²) in [5.74, 6) is -0.485. The summed E-state index contributed by atoms with van der Waals surface area (Å²) in [5, 5.41) is 3.36. The fourth-order valence-corrected chi connectivity index (χ4v) is 4.56. The molecule has 0 spiro atoms. The number of carbonyl (C=O) groups excluding carboxylic acids is 2. The van der Waals surface area contributed by atoms with Gasteiger partial charge < -0.3 is 10.1 Å². The Bertz CT molecular complexity index is 870. The first-order valence-electron chi connectivity index (χ1n) is 9.04. The Balaban J connectivity index is 1.81. The molecule has 4 nitrogen and oxygen atoms in total. The average Bonchev–Trinajstić information content (AvgIpc) is 2.98. The lowest BCUT2D eigenvalue weighted by Crippen LogP contribution is -2.15. The third-order valence-electron chi connectivity index (χ3n) is 4.53. The number of rotatable bonds is 5. The number of thiophene rings is 1. The normalized spacial score (nSPS) is 16.2. The van der Waals surface area contributed by atoms with E-state index in [1.807, 2.05) is 0 Å². The molecule has 6 heteroatoms. The van der Waals surface area contributed by atoms with Gasteiger partial charge in [0.25, 0.3) is 0 Å². The van der Waals surface area contributed by atoms with E-state index in [4.69, 9.17) is 4.74 Å². The third kappa shape index (κ3) is 4.63. The number of ether oxygens (including phenoxy) is 1. The zero-order valence-electron chi connectivity index (χ0n) is 15.4. The molecule has 27 heavy (non-hydrogen) atoms. The van der Waals surface area contributed by atoms with Crippen molar-refractivity contribution in [2.75, 3.05) is 11.9 Å². The Labute approximate surface area is 162 Å². The molecular weight excluding hydrogens is 365 g/mol. The molecule has 3 rings (SSSR count). The summed E-state index contributed by atoms with van der Waals surface area (Å²) in [4.78, 5) is 25.9. The maximum atomic E-state index is 13.0. The van der Waals surface area contributed by atoms with Gasteiger partial charge in [0.2, 0.25) is 5.91 Å². The second-order valence-corrected chi connectivity index (χ2v) is 7.76. The van der Waals surface area contributed by atoms with Crippen LogP contribution < -0.4 is 5.32 Å². The topological polar surface area (TPSA) is 55.4 Å². The molecule has 1 aliphatic carbocycles. The number of hydrogen-bond acceptors (Lipinski definition) is 4. The lowest BCUT2D eigenvalue weighted by molar-refractivity contribution is -0.111. The number of anilines is 1. The molecule has 1 N–H and O–H groups in total. The van der Waals surface area contributed by atoms with Crippen LogP contribution in [0.5, 0.6) is 0 Å². The molecule has 2 aromatic rings. The maximum Gasteiger partial charge on any atom is 0.341 e. The van der Waals surface area contributed by atoms with Crippen LogP contribution in [-0.4, -0.2) is 18.5 Å². The minimum atomic E-state index is -0.387. The Morgan fingerprint density at radius 2 is 2.07 bits per heavy atom. The van der Waals surface area contributed by atoms with Crippen LogP contribution in [0.15, 0.2) is 30.3 Å². The Kier molecular flexibility index (Phi) is 6.06.